The molecular weight excluding hydrogens is 186 g/mol. The molecule has 0 bridgehead atoms. The second kappa shape index (κ2) is 5.17. The van der Waals surface area contributed by atoms with Crippen molar-refractivity contribution < 1.29 is 4.74 Å². The molecular formula is C13H19NO. The van der Waals surface area contributed by atoms with Gasteiger partial charge in [0.2, 0.25) is 0 Å². The Morgan fingerprint density at radius 2 is 1.73 bits per heavy atom. The molecule has 2 rings (SSSR count). The maximum atomic E-state index is 5.88. The Morgan fingerprint density at radius 3 is 2.40 bits per heavy atom. The lowest BCUT2D eigenvalue weighted by Gasteiger charge is -2.32. The zero-order valence-electron chi connectivity index (χ0n) is 9.36. The standard InChI is InChI=1S/C13H19NO/c1-12(14-10-6-3-7-11-14)15-13-8-4-2-5-9-13/h2,4-5,8-9,12H,3,6-7,10-11H2,1H3/t12-/m1/s1. The van der Waals surface area contributed by atoms with E-state index in [4.69, 9.17) is 4.74 Å². The third-order valence-electron chi connectivity index (χ3n) is 2.95. The van der Waals surface area contributed by atoms with Crippen LogP contribution in [0.2, 0.25) is 0 Å². The second-order valence-corrected chi connectivity index (χ2v) is 4.13. The van der Waals surface area contributed by atoms with E-state index >= 15 is 0 Å². The average Bonchev–Trinajstić information content (AvgIpc) is 2.31. The van der Waals surface area contributed by atoms with Gasteiger partial charge in [0.15, 0.2) is 0 Å². The first-order chi connectivity index (χ1) is 7.36. The van der Waals surface area contributed by atoms with Gasteiger partial charge in [-0.2, -0.15) is 0 Å². The van der Waals surface area contributed by atoms with Crippen molar-refractivity contribution in [2.75, 3.05) is 13.1 Å². The predicted octanol–water partition coefficient (Wildman–Crippen LogP) is 2.90. The molecule has 1 aliphatic heterocycles. The molecule has 1 aromatic rings. The summed E-state index contributed by atoms with van der Waals surface area (Å²) in [4.78, 5) is 2.41. The van der Waals surface area contributed by atoms with Crippen LogP contribution in [0.25, 0.3) is 0 Å². The Kier molecular flexibility index (Phi) is 3.62. The number of likely N-dealkylation sites (tertiary alicyclic amines) is 1. The van der Waals surface area contributed by atoms with E-state index in [2.05, 4.69) is 11.8 Å². The van der Waals surface area contributed by atoms with Crippen LogP contribution < -0.4 is 4.74 Å². The normalized spacial score (nSPS) is 19.8. The molecule has 0 amide bonds. The van der Waals surface area contributed by atoms with E-state index in [0.29, 0.717) is 0 Å². The number of benzene rings is 1. The van der Waals surface area contributed by atoms with Crippen LogP contribution in [0.5, 0.6) is 5.75 Å². The van der Waals surface area contributed by atoms with Crippen LogP contribution in [-0.4, -0.2) is 24.2 Å². The van der Waals surface area contributed by atoms with Crippen LogP contribution in [-0.2, 0) is 0 Å². The molecule has 15 heavy (non-hydrogen) atoms. The fourth-order valence-electron chi connectivity index (χ4n) is 2.05. The number of hydrogen-bond acceptors (Lipinski definition) is 2. The Morgan fingerprint density at radius 1 is 1.07 bits per heavy atom. The van der Waals surface area contributed by atoms with Crippen molar-refractivity contribution in [1.82, 2.24) is 4.90 Å². The fraction of sp³-hybridized carbons (Fsp3) is 0.538. The quantitative estimate of drug-likeness (QED) is 0.752. The van der Waals surface area contributed by atoms with E-state index in [1.165, 1.54) is 32.4 Å². The number of ether oxygens (including phenoxy) is 1. The van der Waals surface area contributed by atoms with Gasteiger partial charge in [0.05, 0.1) is 0 Å². The van der Waals surface area contributed by atoms with Crippen LogP contribution in [0.1, 0.15) is 26.2 Å². The van der Waals surface area contributed by atoms with Crippen LogP contribution >= 0.6 is 0 Å². The molecule has 0 spiro atoms. The average molecular weight is 205 g/mol. The van der Waals surface area contributed by atoms with Crippen molar-refractivity contribution in [2.45, 2.75) is 32.4 Å². The maximum absolute atomic E-state index is 5.88. The second-order valence-electron chi connectivity index (χ2n) is 4.13. The minimum absolute atomic E-state index is 0.202. The van der Waals surface area contributed by atoms with Crippen molar-refractivity contribution in [1.29, 1.82) is 0 Å². The number of para-hydroxylation sites is 1. The summed E-state index contributed by atoms with van der Waals surface area (Å²) in [6.07, 6.45) is 4.19. The summed E-state index contributed by atoms with van der Waals surface area (Å²) in [5.74, 6) is 0.968. The van der Waals surface area contributed by atoms with Crippen LogP contribution in [0, 0.1) is 0 Å². The summed E-state index contributed by atoms with van der Waals surface area (Å²) in [7, 11) is 0. The zero-order chi connectivity index (χ0) is 10.5. The summed E-state index contributed by atoms with van der Waals surface area (Å²) in [6.45, 7) is 4.49. The molecule has 2 heteroatoms. The van der Waals surface area contributed by atoms with Gasteiger partial charge in [-0.15, -0.1) is 0 Å². The molecule has 0 radical (unpaired) electrons. The third-order valence-corrected chi connectivity index (χ3v) is 2.95. The predicted molar refractivity (Wildman–Crippen MR) is 62.0 cm³/mol. The number of piperidine rings is 1. The van der Waals surface area contributed by atoms with Crippen molar-refractivity contribution >= 4 is 0 Å². The van der Waals surface area contributed by atoms with Crippen molar-refractivity contribution in [3.63, 3.8) is 0 Å². The summed E-state index contributed by atoms with van der Waals surface area (Å²) in [6, 6.07) is 10.1. The van der Waals surface area contributed by atoms with Crippen LogP contribution in [0.4, 0.5) is 0 Å². The van der Waals surface area contributed by atoms with Gasteiger partial charge in [0.25, 0.3) is 0 Å². The lowest BCUT2D eigenvalue weighted by molar-refractivity contribution is 0.0262. The van der Waals surface area contributed by atoms with E-state index in [-0.39, 0.29) is 6.23 Å². The van der Waals surface area contributed by atoms with Gasteiger partial charge in [0.1, 0.15) is 12.0 Å². The Labute approximate surface area is 91.9 Å². The Balaban J connectivity index is 1.88. The van der Waals surface area contributed by atoms with Gasteiger partial charge >= 0.3 is 0 Å². The highest BCUT2D eigenvalue weighted by Gasteiger charge is 2.17. The molecule has 0 aliphatic carbocycles. The van der Waals surface area contributed by atoms with Crippen molar-refractivity contribution in [3.05, 3.63) is 30.3 Å². The van der Waals surface area contributed by atoms with Gasteiger partial charge in [-0.25, -0.2) is 0 Å². The summed E-state index contributed by atoms with van der Waals surface area (Å²) in [5.41, 5.74) is 0. The van der Waals surface area contributed by atoms with Gasteiger partial charge in [-0.3, -0.25) is 4.90 Å². The van der Waals surface area contributed by atoms with E-state index in [9.17, 15) is 0 Å². The van der Waals surface area contributed by atoms with Gasteiger partial charge in [0, 0.05) is 13.1 Å². The molecule has 0 unspecified atom stereocenters. The third kappa shape index (κ3) is 2.96. The first-order valence-corrected chi connectivity index (χ1v) is 5.82. The van der Waals surface area contributed by atoms with Gasteiger partial charge in [-0.05, 0) is 31.9 Å². The van der Waals surface area contributed by atoms with Crippen molar-refractivity contribution in [3.8, 4) is 5.75 Å². The van der Waals surface area contributed by atoms with E-state index in [1.807, 2.05) is 30.3 Å². The Bertz CT molecular complexity index is 280. The fourth-order valence-corrected chi connectivity index (χ4v) is 2.05. The van der Waals surface area contributed by atoms with Crippen LogP contribution in [0.3, 0.4) is 0 Å². The highest BCUT2D eigenvalue weighted by molar-refractivity contribution is 5.21. The molecule has 0 aromatic heterocycles. The molecule has 1 aromatic carbocycles. The summed E-state index contributed by atoms with van der Waals surface area (Å²) in [5, 5.41) is 0. The van der Waals surface area contributed by atoms with Crippen LogP contribution in [0.15, 0.2) is 30.3 Å². The monoisotopic (exact) mass is 205 g/mol. The molecule has 1 aliphatic rings. The van der Waals surface area contributed by atoms with Gasteiger partial charge in [-0.1, -0.05) is 24.6 Å². The van der Waals surface area contributed by atoms with E-state index in [0.717, 1.165) is 5.75 Å². The molecule has 1 saturated heterocycles. The molecule has 0 saturated carbocycles. The molecule has 0 N–H and O–H groups in total. The Hall–Kier alpha value is -1.02. The smallest absolute Gasteiger partial charge is 0.149 e. The summed E-state index contributed by atoms with van der Waals surface area (Å²) < 4.78 is 5.88. The highest BCUT2D eigenvalue weighted by atomic mass is 16.5. The topological polar surface area (TPSA) is 12.5 Å². The first-order valence-electron chi connectivity index (χ1n) is 5.82. The number of hydrogen-bond donors (Lipinski definition) is 0. The van der Waals surface area contributed by atoms with Gasteiger partial charge < -0.3 is 4.74 Å². The largest absolute Gasteiger partial charge is 0.475 e. The summed E-state index contributed by atoms with van der Waals surface area (Å²) >= 11 is 0. The first kappa shape index (κ1) is 10.5. The molecule has 2 nitrogen and oxygen atoms in total. The maximum Gasteiger partial charge on any atom is 0.149 e. The number of nitrogens with zero attached hydrogens (tertiary/aromatic N) is 1. The zero-order valence-corrected chi connectivity index (χ0v) is 9.36. The highest BCUT2D eigenvalue weighted by Crippen LogP contribution is 2.16. The van der Waals surface area contributed by atoms with Crippen molar-refractivity contribution in [2.24, 2.45) is 0 Å². The molecule has 1 heterocycles. The molecule has 1 atom stereocenters. The molecule has 82 valence electrons. The molecule has 1 fully saturated rings. The lowest BCUT2D eigenvalue weighted by atomic mass is 10.1. The number of rotatable bonds is 3. The minimum atomic E-state index is 0.202. The SMILES string of the molecule is C[C@@H](Oc1ccccc1)N1CCCCC1. The van der Waals surface area contributed by atoms with E-state index < -0.39 is 0 Å². The van der Waals surface area contributed by atoms with E-state index in [1.54, 1.807) is 0 Å². The lowest BCUT2D eigenvalue weighted by Crippen LogP contribution is -2.40. The minimum Gasteiger partial charge on any atom is -0.475 e.